The van der Waals surface area contributed by atoms with Gasteiger partial charge in [0.2, 0.25) is 18.5 Å². The molecule has 13 heteroatoms. The van der Waals surface area contributed by atoms with E-state index in [0.29, 0.717) is 41.8 Å². The minimum Gasteiger partial charge on any atom is -0.481 e. The van der Waals surface area contributed by atoms with Crippen molar-refractivity contribution >= 4 is 13.6 Å². The number of nitrogens with two attached hydrogens (primary N) is 1. The largest absolute Gasteiger partial charge is 0.481 e. The Bertz CT molecular complexity index is 1340. The molecule has 12 nitrogen and oxygen atoms in total. The molecule has 0 fully saturated rings. The average molecular weight is 500 g/mol. The Kier molecular flexibility index (Phi) is 7.37. The molecule has 0 aromatic carbocycles. The molecule has 0 saturated heterocycles. The van der Waals surface area contributed by atoms with Gasteiger partial charge in [-0.05, 0) is 29.3 Å². The Morgan fingerprint density at radius 2 is 1.97 bits per heavy atom. The first-order valence-corrected chi connectivity index (χ1v) is 11.8. The van der Waals surface area contributed by atoms with Crippen molar-refractivity contribution in [1.29, 1.82) is 0 Å². The maximum atomic E-state index is 11.0. The van der Waals surface area contributed by atoms with Gasteiger partial charge in [0.25, 0.3) is 5.82 Å². The first kappa shape index (κ1) is 24.3. The Morgan fingerprint density at radius 1 is 1.11 bits per heavy atom. The fourth-order valence-electron chi connectivity index (χ4n) is 3.16. The summed E-state index contributed by atoms with van der Waals surface area (Å²) >= 11 is 0. The lowest BCUT2D eigenvalue weighted by atomic mass is 10.1. The molecule has 182 valence electrons. The van der Waals surface area contributed by atoms with Crippen molar-refractivity contribution in [3.05, 3.63) is 77.9 Å². The van der Waals surface area contributed by atoms with E-state index in [1.54, 1.807) is 49.8 Å². The maximum absolute atomic E-state index is 11.0. The van der Waals surface area contributed by atoms with Gasteiger partial charge in [-0.25, -0.2) is 23.6 Å². The number of nitrogens with zero attached hydrogens (tertiary/aromatic N) is 4. The highest BCUT2D eigenvalue weighted by Crippen LogP contribution is 2.35. The highest BCUT2D eigenvalue weighted by molar-refractivity contribution is 7.46. The fourth-order valence-corrected chi connectivity index (χ4v) is 3.44. The first-order valence-electron chi connectivity index (χ1n) is 10.3. The van der Waals surface area contributed by atoms with Gasteiger partial charge in [-0.15, -0.1) is 0 Å². The van der Waals surface area contributed by atoms with E-state index < -0.39 is 14.6 Å². The Morgan fingerprint density at radius 3 is 2.71 bits per heavy atom. The summed E-state index contributed by atoms with van der Waals surface area (Å²) in [5.74, 6) is 1.61. The molecular formula is C22H23N5O7P+. The number of nitrogen functional groups attached to an aromatic ring is 1. The van der Waals surface area contributed by atoms with Gasteiger partial charge >= 0.3 is 7.82 Å². The molecule has 4 N–H and O–H groups in total. The summed E-state index contributed by atoms with van der Waals surface area (Å²) in [5.41, 5.74) is 9.09. The van der Waals surface area contributed by atoms with Crippen LogP contribution in [0.2, 0.25) is 0 Å². The Balaban J connectivity index is 1.39. The molecule has 35 heavy (non-hydrogen) atoms. The second-order valence-electron chi connectivity index (χ2n) is 7.38. The number of phosphoric acid groups is 1. The molecule has 0 unspecified atom stereocenters. The summed E-state index contributed by atoms with van der Waals surface area (Å²) in [4.78, 5) is 26.2. The number of methoxy groups -OCH3 is 1. The summed E-state index contributed by atoms with van der Waals surface area (Å²) in [6, 6.07) is 12.4. The van der Waals surface area contributed by atoms with Crippen LogP contribution in [0.3, 0.4) is 0 Å². The lowest BCUT2D eigenvalue weighted by Crippen LogP contribution is -2.38. The lowest BCUT2D eigenvalue weighted by molar-refractivity contribution is -0.711. The molecule has 0 atom stereocenters. The zero-order valence-electron chi connectivity index (χ0n) is 18.6. The quantitative estimate of drug-likeness (QED) is 0.216. The monoisotopic (exact) mass is 500 g/mol. The van der Waals surface area contributed by atoms with Crippen molar-refractivity contribution in [3.8, 4) is 23.1 Å². The second-order valence-corrected chi connectivity index (χ2v) is 8.62. The lowest BCUT2D eigenvalue weighted by Gasteiger charge is -2.07. The summed E-state index contributed by atoms with van der Waals surface area (Å²) in [7, 11) is -3.08. The van der Waals surface area contributed by atoms with Crippen LogP contribution in [-0.2, 0) is 28.8 Å². The predicted molar refractivity (Wildman–Crippen MR) is 122 cm³/mol. The maximum Gasteiger partial charge on any atom is 0.472 e. The molecule has 4 aromatic heterocycles. The van der Waals surface area contributed by atoms with Crippen LogP contribution in [0.1, 0.15) is 16.8 Å². The molecule has 0 aliphatic heterocycles. The van der Waals surface area contributed by atoms with Gasteiger partial charge in [-0.2, -0.15) is 0 Å². The standard InChI is InChI=1S/C22H22N5O7P/c1-31-21-10-16(6-7-24-21)13-32-20-5-4-15(12-25-20)9-17-11-19(34-26-17)18-3-2-8-27(22(18)23)14-33-35(28,29)30/h2-8,10-12,23H,9,13-14H2,1H3,(H2,28,29,30)/p+1. The summed E-state index contributed by atoms with van der Waals surface area (Å²) in [5, 5.41) is 4.09. The number of anilines is 1. The number of hydrogen-bond acceptors (Lipinski definition) is 9. The number of aromatic nitrogens is 4. The van der Waals surface area contributed by atoms with Crippen molar-refractivity contribution in [2.24, 2.45) is 0 Å². The Labute approximate surface area is 200 Å². The van der Waals surface area contributed by atoms with E-state index in [9.17, 15) is 4.57 Å². The van der Waals surface area contributed by atoms with Crippen LogP contribution in [0.5, 0.6) is 11.8 Å². The van der Waals surface area contributed by atoms with Crippen molar-refractivity contribution in [2.75, 3.05) is 12.8 Å². The van der Waals surface area contributed by atoms with Crippen molar-refractivity contribution in [1.82, 2.24) is 15.1 Å². The molecule has 4 heterocycles. The number of ether oxygens (including phenoxy) is 2. The highest BCUT2D eigenvalue weighted by Gasteiger charge is 2.20. The molecule has 0 amide bonds. The molecule has 0 aliphatic rings. The number of hydrogen-bond donors (Lipinski definition) is 3. The fraction of sp³-hybridized carbons (Fsp3) is 0.182. The molecule has 0 saturated carbocycles. The summed E-state index contributed by atoms with van der Waals surface area (Å²) in [6.07, 6.45) is 5.35. The number of rotatable bonds is 10. The van der Waals surface area contributed by atoms with Gasteiger partial charge in [-0.1, -0.05) is 11.2 Å². The van der Waals surface area contributed by atoms with E-state index in [-0.39, 0.29) is 5.82 Å². The van der Waals surface area contributed by atoms with E-state index >= 15 is 0 Å². The number of pyridine rings is 3. The van der Waals surface area contributed by atoms with Crippen LogP contribution < -0.4 is 19.8 Å². The highest BCUT2D eigenvalue weighted by atomic mass is 31.2. The van der Waals surface area contributed by atoms with Crippen molar-refractivity contribution < 1.29 is 37.4 Å². The van der Waals surface area contributed by atoms with Crippen LogP contribution in [0.25, 0.3) is 11.3 Å². The van der Waals surface area contributed by atoms with Gasteiger partial charge in [-0.3, -0.25) is 5.73 Å². The third-order valence-electron chi connectivity index (χ3n) is 4.88. The van der Waals surface area contributed by atoms with Crippen LogP contribution in [0, 0.1) is 0 Å². The van der Waals surface area contributed by atoms with Crippen LogP contribution in [0.4, 0.5) is 5.82 Å². The molecule has 0 bridgehead atoms. The number of phosphoric ester groups is 1. The van der Waals surface area contributed by atoms with Crippen LogP contribution in [-0.4, -0.2) is 32.0 Å². The van der Waals surface area contributed by atoms with E-state index in [1.165, 1.54) is 10.8 Å². The van der Waals surface area contributed by atoms with Gasteiger partial charge in [0, 0.05) is 37.0 Å². The van der Waals surface area contributed by atoms with Crippen LogP contribution >= 0.6 is 7.82 Å². The zero-order chi connectivity index (χ0) is 24.8. The third kappa shape index (κ3) is 6.61. The molecule has 4 aromatic rings. The van der Waals surface area contributed by atoms with E-state index in [1.807, 2.05) is 12.1 Å². The second kappa shape index (κ2) is 10.6. The van der Waals surface area contributed by atoms with Gasteiger partial charge in [0.05, 0.1) is 19.0 Å². The molecule has 4 rings (SSSR count). The average Bonchev–Trinajstić information content (AvgIpc) is 3.30. The van der Waals surface area contributed by atoms with Crippen molar-refractivity contribution in [3.63, 3.8) is 0 Å². The minimum absolute atomic E-state index is 0.207. The van der Waals surface area contributed by atoms with Gasteiger partial charge in [0.1, 0.15) is 12.2 Å². The van der Waals surface area contributed by atoms with Gasteiger partial charge < -0.3 is 23.8 Å². The minimum atomic E-state index is -4.63. The zero-order valence-corrected chi connectivity index (χ0v) is 19.5. The SMILES string of the molecule is COc1cc(COc2ccc(Cc3cc(-c4ccc[n+](COP(=O)(O)O)c4N)on3)cn2)ccn1. The molecule has 0 spiro atoms. The van der Waals surface area contributed by atoms with E-state index in [4.69, 9.17) is 29.5 Å². The summed E-state index contributed by atoms with van der Waals surface area (Å²) < 4.78 is 33.1. The van der Waals surface area contributed by atoms with E-state index in [2.05, 4.69) is 19.6 Å². The molecule has 0 aliphatic carbocycles. The topological polar surface area (TPSA) is 167 Å². The Hall–Kier alpha value is -3.83. The van der Waals surface area contributed by atoms with Crippen LogP contribution in [0.15, 0.2) is 65.6 Å². The van der Waals surface area contributed by atoms with Gasteiger partial charge in [0.15, 0.2) is 5.76 Å². The first-order chi connectivity index (χ1) is 16.8. The molecular weight excluding hydrogens is 477 g/mol. The van der Waals surface area contributed by atoms with E-state index in [0.717, 1.165) is 11.1 Å². The smallest absolute Gasteiger partial charge is 0.472 e. The molecule has 0 radical (unpaired) electrons. The predicted octanol–water partition coefficient (Wildman–Crippen LogP) is 2.25. The van der Waals surface area contributed by atoms with Crippen molar-refractivity contribution in [2.45, 2.75) is 19.8 Å². The third-order valence-corrected chi connectivity index (χ3v) is 5.33. The normalized spacial score (nSPS) is 11.4. The summed E-state index contributed by atoms with van der Waals surface area (Å²) in [6.45, 7) is -0.0880.